The SMILES string of the molecule is CCCC(=O)N(C)[C@H](CSC)C(=O)N(C)C(C=O)(CC(C)C)N[C@@H](C=O)C(C)C. The molecule has 0 rings (SSSR count). The molecule has 0 spiro atoms. The summed E-state index contributed by atoms with van der Waals surface area (Å²) >= 11 is 1.47. The van der Waals surface area contributed by atoms with Gasteiger partial charge in [-0.3, -0.25) is 19.7 Å². The average molecular weight is 430 g/mol. The van der Waals surface area contributed by atoms with Gasteiger partial charge in [-0.25, -0.2) is 0 Å². The van der Waals surface area contributed by atoms with E-state index in [1.54, 1.807) is 14.1 Å². The summed E-state index contributed by atoms with van der Waals surface area (Å²) in [4.78, 5) is 52.6. The number of hydrogen-bond donors (Lipinski definition) is 1. The molecular weight excluding hydrogens is 390 g/mol. The molecular formula is C21H39N3O4S. The number of likely N-dealkylation sites (N-methyl/N-ethyl adjacent to an activating group) is 2. The second kappa shape index (κ2) is 13.0. The summed E-state index contributed by atoms with van der Waals surface area (Å²) in [7, 11) is 3.20. The summed E-state index contributed by atoms with van der Waals surface area (Å²) < 4.78 is 0. The van der Waals surface area contributed by atoms with Crippen LogP contribution in [0.15, 0.2) is 0 Å². The highest BCUT2D eigenvalue weighted by molar-refractivity contribution is 7.98. The van der Waals surface area contributed by atoms with Gasteiger partial charge < -0.3 is 14.6 Å². The van der Waals surface area contributed by atoms with Crippen molar-refractivity contribution >= 4 is 36.1 Å². The Hall–Kier alpha value is -1.41. The summed E-state index contributed by atoms with van der Waals surface area (Å²) in [5.41, 5.74) is -1.33. The molecule has 7 nitrogen and oxygen atoms in total. The largest absolute Gasteiger partial charge is 0.333 e. The van der Waals surface area contributed by atoms with Crippen LogP contribution in [0.5, 0.6) is 0 Å². The maximum absolute atomic E-state index is 13.4. The number of carbonyl (C=O) groups excluding carboxylic acids is 4. The van der Waals surface area contributed by atoms with Crippen molar-refractivity contribution in [1.29, 1.82) is 0 Å². The third-order valence-electron chi connectivity index (χ3n) is 5.06. The maximum Gasteiger partial charge on any atom is 0.247 e. The van der Waals surface area contributed by atoms with Crippen LogP contribution in [0.3, 0.4) is 0 Å². The monoisotopic (exact) mass is 429 g/mol. The molecule has 29 heavy (non-hydrogen) atoms. The van der Waals surface area contributed by atoms with Crippen molar-refractivity contribution in [2.75, 3.05) is 26.1 Å². The summed E-state index contributed by atoms with van der Waals surface area (Å²) in [6.07, 6.45) is 4.78. The molecule has 2 amide bonds. The Kier molecular flexibility index (Phi) is 12.4. The Labute approximate surface area is 180 Å². The third-order valence-corrected chi connectivity index (χ3v) is 5.71. The van der Waals surface area contributed by atoms with E-state index < -0.39 is 17.7 Å². The predicted molar refractivity (Wildman–Crippen MR) is 119 cm³/mol. The van der Waals surface area contributed by atoms with Crippen LogP contribution in [0.4, 0.5) is 0 Å². The van der Waals surface area contributed by atoms with Crippen LogP contribution in [0.25, 0.3) is 0 Å². The third kappa shape index (κ3) is 7.74. The van der Waals surface area contributed by atoms with E-state index in [1.165, 1.54) is 21.6 Å². The van der Waals surface area contributed by atoms with Crippen LogP contribution in [-0.2, 0) is 19.2 Å². The quantitative estimate of drug-likeness (QED) is 0.336. The first-order valence-corrected chi connectivity index (χ1v) is 11.6. The second-order valence-corrected chi connectivity index (χ2v) is 9.22. The maximum atomic E-state index is 13.4. The minimum atomic E-state index is -1.33. The molecule has 8 heteroatoms. The molecule has 0 saturated heterocycles. The average Bonchev–Trinajstić information content (AvgIpc) is 2.67. The van der Waals surface area contributed by atoms with E-state index in [0.29, 0.717) is 31.3 Å². The molecule has 168 valence electrons. The molecule has 1 N–H and O–H groups in total. The topological polar surface area (TPSA) is 86.8 Å². The van der Waals surface area contributed by atoms with Crippen LogP contribution >= 0.6 is 11.8 Å². The summed E-state index contributed by atoms with van der Waals surface area (Å²) in [6.45, 7) is 9.59. The van der Waals surface area contributed by atoms with Crippen molar-refractivity contribution in [3.63, 3.8) is 0 Å². The number of aldehydes is 2. The molecule has 0 fully saturated rings. The van der Waals surface area contributed by atoms with Gasteiger partial charge in [-0.05, 0) is 30.9 Å². The zero-order valence-electron chi connectivity index (χ0n) is 19.2. The van der Waals surface area contributed by atoms with Crippen LogP contribution in [0.1, 0.15) is 53.9 Å². The van der Waals surface area contributed by atoms with Gasteiger partial charge in [-0.15, -0.1) is 0 Å². The second-order valence-electron chi connectivity index (χ2n) is 8.31. The summed E-state index contributed by atoms with van der Waals surface area (Å²) in [5, 5.41) is 3.13. The minimum absolute atomic E-state index is 0.0433. The first kappa shape index (κ1) is 27.6. The van der Waals surface area contributed by atoms with Gasteiger partial charge in [-0.1, -0.05) is 34.6 Å². The van der Waals surface area contributed by atoms with Crippen LogP contribution < -0.4 is 5.32 Å². The van der Waals surface area contributed by atoms with Gasteiger partial charge in [0.25, 0.3) is 0 Å². The van der Waals surface area contributed by atoms with Crippen molar-refractivity contribution < 1.29 is 19.2 Å². The molecule has 0 aromatic carbocycles. The molecule has 0 radical (unpaired) electrons. The van der Waals surface area contributed by atoms with Crippen LogP contribution in [0, 0.1) is 11.8 Å². The fraction of sp³-hybridized carbons (Fsp3) is 0.810. The number of amides is 2. The number of thioether (sulfide) groups is 1. The fourth-order valence-corrected chi connectivity index (χ4v) is 3.90. The first-order valence-electron chi connectivity index (χ1n) is 10.2. The molecule has 0 aliphatic carbocycles. The zero-order chi connectivity index (χ0) is 22.8. The van der Waals surface area contributed by atoms with E-state index in [4.69, 9.17) is 0 Å². The van der Waals surface area contributed by atoms with Gasteiger partial charge >= 0.3 is 0 Å². The van der Waals surface area contributed by atoms with E-state index in [-0.39, 0.29) is 23.7 Å². The number of nitrogens with one attached hydrogen (secondary N) is 1. The van der Waals surface area contributed by atoms with Crippen LogP contribution in [-0.4, -0.2) is 78.0 Å². The normalized spacial score (nSPS) is 15.5. The molecule has 3 atom stereocenters. The molecule has 1 unspecified atom stereocenters. The highest BCUT2D eigenvalue weighted by atomic mass is 32.2. The van der Waals surface area contributed by atoms with E-state index in [0.717, 1.165) is 6.29 Å². The Balaban J connectivity index is 6.01. The highest BCUT2D eigenvalue weighted by Gasteiger charge is 2.43. The lowest BCUT2D eigenvalue weighted by atomic mass is 9.93. The molecule has 0 saturated carbocycles. The van der Waals surface area contributed by atoms with E-state index in [9.17, 15) is 19.2 Å². The Bertz CT molecular complexity index is 556. The predicted octanol–water partition coefficient (Wildman–Crippen LogP) is 2.19. The van der Waals surface area contributed by atoms with Crippen molar-refractivity contribution in [3.05, 3.63) is 0 Å². The van der Waals surface area contributed by atoms with Gasteiger partial charge in [0, 0.05) is 26.3 Å². The molecule has 0 aliphatic rings. The van der Waals surface area contributed by atoms with Gasteiger partial charge in [-0.2, -0.15) is 11.8 Å². The Morgan fingerprint density at radius 1 is 1.14 bits per heavy atom. The molecule has 0 aliphatic heterocycles. The zero-order valence-corrected chi connectivity index (χ0v) is 20.0. The van der Waals surface area contributed by atoms with Crippen LogP contribution in [0.2, 0.25) is 0 Å². The molecule has 0 bridgehead atoms. The number of carbonyl (C=O) groups is 4. The molecule has 0 aromatic heterocycles. The summed E-state index contributed by atoms with van der Waals surface area (Å²) in [5.74, 6) is 0.0569. The van der Waals surface area contributed by atoms with Gasteiger partial charge in [0.15, 0.2) is 11.9 Å². The fourth-order valence-electron chi connectivity index (χ4n) is 3.21. The van der Waals surface area contributed by atoms with Crippen molar-refractivity contribution in [2.45, 2.75) is 71.6 Å². The Morgan fingerprint density at radius 3 is 2.10 bits per heavy atom. The summed E-state index contributed by atoms with van der Waals surface area (Å²) in [6, 6.07) is -1.26. The smallest absolute Gasteiger partial charge is 0.247 e. The number of hydrogen-bond acceptors (Lipinski definition) is 6. The molecule has 0 aromatic rings. The van der Waals surface area contributed by atoms with Crippen molar-refractivity contribution in [3.8, 4) is 0 Å². The van der Waals surface area contributed by atoms with Gasteiger partial charge in [0.2, 0.25) is 11.8 Å². The van der Waals surface area contributed by atoms with E-state index in [1.807, 2.05) is 40.9 Å². The standard InChI is InChI=1S/C21H39N3O4S/c1-9-10-19(27)23(6)18(13-29-8)20(28)24(7)21(14-26,11-15(2)3)22-17(12-25)16(4)5/h12,14-18,22H,9-11,13H2,1-8H3/t17-,18+,21?/m0/s1. The molecule has 0 heterocycles. The lowest BCUT2D eigenvalue weighted by Crippen LogP contribution is -2.67. The minimum Gasteiger partial charge on any atom is -0.333 e. The lowest BCUT2D eigenvalue weighted by molar-refractivity contribution is -0.151. The van der Waals surface area contributed by atoms with Gasteiger partial charge in [0.05, 0.1) is 6.04 Å². The first-order chi connectivity index (χ1) is 13.5. The van der Waals surface area contributed by atoms with Crippen molar-refractivity contribution in [2.24, 2.45) is 11.8 Å². The van der Waals surface area contributed by atoms with E-state index >= 15 is 0 Å². The highest BCUT2D eigenvalue weighted by Crippen LogP contribution is 2.23. The Morgan fingerprint density at radius 2 is 1.72 bits per heavy atom. The number of nitrogens with zero attached hydrogens (tertiary/aromatic N) is 2. The lowest BCUT2D eigenvalue weighted by Gasteiger charge is -2.44. The number of rotatable bonds is 14. The van der Waals surface area contributed by atoms with Crippen molar-refractivity contribution in [1.82, 2.24) is 15.1 Å². The van der Waals surface area contributed by atoms with Gasteiger partial charge in [0.1, 0.15) is 12.3 Å². The van der Waals surface area contributed by atoms with E-state index in [2.05, 4.69) is 5.32 Å².